The molecule has 16 heavy (non-hydrogen) atoms. The summed E-state index contributed by atoms with van der Waals surface area (Å²) in [5.74, 6) is 0.579. The van der Waals surface area contributed by atoms with E-state index in [0.717, 1.165) is 22.1 Å². The smallest absolute Gasteiger partial charge is 0.253 e. The Morgan fingerprint density at radius 3 is 2.56 bits per heavy atom. The first-order valence-corrected chi connectivity index (χ1v) is 6.22. The van der Waals surface area contributed by atoms with Crippen LogP contribution in [0.1, 0.15) is 29.8 Å². The van der Waals surface area contributed by atoms with Crippen molar-refractivity contribution in [1.82, 2.24) is 4.90 Å². The van der Waals surface area contributed by atoms with Gasteiger partial charge in [-0.3, -0.25) is 4.79 Å². The molecule has 1 aromatic carbocycles. The standard InChI is InChI=1S/C13H18BrNO/c1-9(2)8-15(4)13(16)11-5-6-12(14)10(3)7-11/h5-7,9H,8H2,1-4H3. The molecule has 0 N–H and O–H groups in total. The molecule has 3 heteroatoms. The van der Waals surface area contributed by atoms with E-state index < -0.39 is 0 Å². The molecule has 0 spiro atoms. The summed E-state index contributed by atoms with van der Waals surface area (Å²) in [6, 6.07) is 5.70. The molecular formula is C13H18BrNO. The Bertz CT molecular complexity index is 388. The maximum atomic E-state index is 12.1. The molecule has 1 amide bonds. The molecule has 0 aromatic heterocycles. The molecule has 0 heterocycles. The van der Waals surface area contributed by atoms with E-state index in [1.807, 2.05) is 32.2 Å². The van der Waals surface area contributed by atoms with E-state index in [0.29, 0.717) is 5.92 Å². The molecule has 0 aliphatic heterocycles. The Kier molecular flexibility index (Phi) is 4.54. The second-order valence-electron chi connectivity index (χ2n) is 4.54. The number of amides is 1. The number of benzene rings is 1. The molecule has 0 bridgehead atoms. The van der Waals surface area contributed by atoms with E-state index in [-0.39, 0.29) is 5.91 Å². The fraction of sp³-hybridized carbons (Fsp3) is 0.462. The second kappa shape index (κ2) is 5.48. The van der Waals surface area contributed by atoms with Gasteiger partial charge in [0.25, 0.3) is 5.91 Å². The predicted octanol–water partition coefficient (Wildman–Crippen LogP) is 3.49. The molecule has 0 fully saturated rings. The predicted molar refractivity (Wildman–Crippen MR) is 70.7 cm³/mol. The SMILES string of the molecule is Cc1cc(C(=O)N(C)CC(C)C)ccc1Br. The van der Waals surface area contributed by atoms with E-state index >= 15 is 0 Å². The van der Waals surface area contributed by atoms with Gasteiger partial charge < -0.3 is 4.90 Å². The first-order valence-electron chi connectivity index (χ1n) is 5.43. The lowest BCUT2D eigenvalue weighted by Gasteiger charge is -2.19. The van der Waals surface area contributed by atoms with Crippen LogP contribution in [0.3, 0.4) is 0 Å². The number of hydrogen-bond donors (Lipinski definition) is 0. The highest BCUT2D eigenvalue weighted by atomic mass is 79.9. The lowest BCUT2D eigenvalue weighted by Crippen LogP contribution is -2.30. The van der Waals surface area contributed by atoms with Gasteiger partial charge in [-0.25, -0.2) is 0 Å². The van der Waals surface area contributed by atoms with Crippen LogP contribution in [-0.4, -0.2) is 24.4 Å². The van der Waals surface area contributed by atoms with E-state index in [9.17, 15) is 4.79 Å². The van der Waals surface area contributed by atoms with Crippen molar-refractivity contribution in [1.29, 1.82) is 0 Å². The largest absolute Gasteiger partial charge is 0.341 e. The summed E-state index contributed by atoms with van der Waals surface area (Å²) >= 11 is 3.43. The minimum absolute atomic E-state index is 0.0873. The summed E-state index contributed by atoms with van der Waals surface area (Å²) in [5.41, 5.74) is 1.84. The van der Waals surface area contributed by atoms with Gasteiger partial charge in [0.05, 0.1) is 0 Å². The topological polar surface area (TPSA) is 20.3 Å². The molecule has 0 unspecified atom stereocenters. The molecule has 0 saturated heterocycles. The Hall–Kier alpha value is -0.830. The molecule has 1 rings (SSSR count). The van der Waals surface area contributed by atoms with E-state index in [4.69, 9.17) is 0 Å². The summed E-state index contributed by atoms with van der Waals surface area (Å²) in [7, 11) is 1.85. The number of rotatable bonds is 3. The third kappa shape index (κ3) is 3.34. The molecule has 0 aliphatic carbocycles. The summed E-state index contributed by atoms with van der Waals surface area (Å²) in [6.45, 7) is 6.99. The first-order chi connectivity index (χ1) is 7.41. The van der Waals surface area contributed by atoms with Gasteiger partial charge in [-0.15, -0.1) is 0 Å². The van der Waals surface area contributed by atoms with Crippen LogP contribution in [0.2, 0.25) is 0 Å². The van der Waals surface area contributed by atoms with Crippen LogP contribution in [0.4, 0.5) is 0 Å². The van der Waals surface area contributed by atoms with Gasteiger partial charge in [-0.2, -0.15) is 0 Å². The highest BCUT2D eigenvalue weighted by molar-refractivity contribution is 9.10. The molecule has 88 valence electrons. The van der Waals surface area contributed by atoms with Gasteiger partial charge in [0, 0.05) is 23.6 Å². The summed E-state index contributed by atoms with van der Waals surface area (Å²) in [4.78, 5) is 13.8. The summed E-state index contributed by atoms with van der Waals surface area (Å²) in [5, 5.41) is 0. The highest BCUT2D eigenvalue weighted by Gasteiger charge is 2.13. The van der Waals surface area contributed by atoms with Crippen LogP contribution in [0, 0.1) is 12.8 Å². The van der Waals surface area contributed by atoms with Crippen molar-refractivity contribution in [3.05, 3.63) is 33.8 Å². The van der Waals surface area contributed by atoms with Crippen molar-refractivity contribution in [3.63, 3.8) is 0 Å². The first kappa shape index (κ1) is 13.2. The second-order valence-corrected chi connectivity index (χ2v) is 5.40. The minimum atomic E-state index is 0.0873. The molecular weight excluding hydrogens is 266 g/mol. The minimum Gasteiger partial charge on any atom is -0.341 e. The lowest BCUT2D eigenvalue weighted by molar-refractivity contribution is 0.0779. The number of nitrogens with zero attached hydrogens (tertiary/aromatic N) is 1. The third-order valence-corrected chi connectivity index (χ3v) is 3.28. The highest BCUT2D eigenvalue weighted by Crippen LogP contribution is 2.18. The van der Waals surface area contributed by atoms with Gasteiger partial charge in [0.1, 0.15) is 0 Å². The quantitative estimate of drug-likeness (QED) is 0.832. The zero-order chi connectivity index (χ0) is 12.3. The Balaban J connectivity index is 2.84. The van der Waals surface area contributed by atoms with Gasteiger partial charge in [0.15, 0.2) is 0 Å². The zero-order valence-electron chi connectivity index (χ0n) is 10.2. The number of carbonyl (C=O) groups is 1. The van der Waals surface area contributed by atoms with Crippen LogP contribution in [0.5, 0.6) is 0 Å². The molecule has 2 nitrogen and oxygen atoms in total. The van der Waals surface area contributed by atoms with Crippen molar-refractivity contribution in [2.24, 2.45) is 5.92 Å². The van der Waals surface area contributed by atoms with Gasteiger partial charge in [0.2, 0.25) is 0 Å². The fourth-order valence-electron chi connectivity index (χ4n) is 1.63. The summed E-state index contributed by atoms with van der Waals surface area (Å²) < 4.78 is 1.04. The Morgan fingerprint density at radius 1 is 1.44 bits per heavy atom. The normalized spacial score (nSPS) is 10.6. The average molecular weight is 284 g/mol. The van der Waals surface area contributed by atoms with Gasteiger partial charge in [-0.1, -0.05) is 29.8 Å². The van der Waals surface area contributed by atoms with Crippen molar-refractivity contribution in [2.45, 2.75) is 20.8 Å². The van der Waals surface area contributed by atoms with Crippen LogP contribution >= 0.6 is 15.9 Å². The molecule has 0 atom stereocenters. The molecule has 0 radical (unpaired) electrons. The van der Waals surface area contributed by atoms with Crippen molar-refractivity contribution < 1.29 is 4.79 Å². The maximum absolute atomic E-state index is 12.1. The number of hydrogen-bond acceptors (Lipinski definition) is 1. The zero-order valence-corrected chi connectivity index (χ0v) is 11.8. The van der Waals surface area contributed by atoms with Crippen LogP contribution in [-0.2, 0) is 0 Å². The van der Waals surface area contributed by atoms with Crippen LogP contribution in [0.15, 0.2) is 22.7 Å². The average Bonchev–Trinajstić information content (AvgIpc) is 2.20. The Labute approximate surface area is 106 Å². The van der Waals surface area contributed by atoms with Gasteiger partial charge in [-0.05, 0) is 36.6 Å². The van der Waals surface area contributed by atoms with Crippen molar-refractivity contribution >= 4 is 21.8 Å². The number of aryl methyl sites for hydroxylation is 1. The van der Waals surface area contributed by atoms with E-state index in [2.05, 4.69) is 29.8 Å². The molecule has 0 saturated carbocycles. The monoisotopic (exact) mass is 283 g/mol. The van der Waals surface area contributed by atoms with E-state index in [1.54, 1.807) is 4.90 Å². The van der Waals surface area contributed by atoms with Crippen molar-refractivity contribution in [3.8, 4) is 0 Å². The third-order valence-electron chi connectivity index (χ3n) is 2.39. The van der Waals surface area contributed by atoms with Crippen molar-refractivity contribution in [2.75, 3.05) is 13.6 Å². The van der Waals surface area contributed by atoms with Crippen LogP contribution < -0.4 is 0 Å². The molecule has 1 aromatic rings. The molecule has 0 aliphatic rings. The van der Waals surface area contributed by atoms with Crippen LogP contribution in [0.25, 0.3) is 0 Å². The van der Waals surface area contributed by atoms with Gasteiger partial charge >= 0.3 is 0 Å². The summed E-state index contributed by atoms with van der Waals surface area (Å²) in [6.07, 6.45) is 0. The maximum Gasteiger partial charge on any atom is 0.253 e. The lowest BCUT2D eigenvalue weighted by atomic mass is 10.1. The van der Waals surface area contributed by atoms with E-state index in [1.165, 1.54) is 0 Å². The number of carbonyl (C=O) groups excluding carboxylic acids is 1. The number of halogens is 1. The fourth-order valence-corrected chi connectivity index (χ4v) is 1.88. The Morgan fingerprint density at radius 2 is 2.06 bits per heavy atom.